The molecule has 1 aliphatic rings. The topological polar surface area (TPSA) is 71.3 Å². The Morgan fingerprint density at radius 1 is 0.976 bits per heavy atom. The number of piperazine rings is 1. The van der Waals surface area contributed by atoms with Crippen molar-refractivity contribution in [3.8, 4) is 5.69 Å². The van der Waals surface area contributed by atoms with E-state index in [1.165, 1.54) is 30.0 Å². The van der Waals surface area contributed by atoms with E-state index in [2.05, 4.69) is 10.2 Å². The van der Waals surface area contributed by atoms with Crippen LogP contribution in [-0.4, -0.2) is 67.8 Å². The van der Waals surface area contributed by atoms with Crippen LogP contribution >= 0.6 is 35.0 Å². The zero-order valence-corrected chi connectivity index (χ0v) is 25.4. The molecule has 0 aliphatic carbocycles. The summed E-state index contributed by atoms with van der Waals surface area (Å²) in [6.07, 6.45) is 1.64. The minimum atomic E-state index is -0.442. The number of hydrogen-bond acceptors (Lipinski definition) is 5. The molecule has 1 fully saturated rings. The van der Waals surface area contributed by atoms with E-state index in [9.17, 15) is 14.0 Å². The van der Waals surface area contributed by atoms with Gasteiger partial charge in [-0.25, -0.2) is 4.39 Å². The lowest BCUT2D eigenvalue weighted by atomic mass is 10.1. The Hall–Kier alpha value is -3.40. The third-order valence-electron chi connectivity index (χ3n) is 7.15. The van der Waals surface area contributed by atoms with Crippen LogP contribution in [0, 0.1) is 5.82 Å². The average Bonchev–Trinajstić information content (AvgIpc) is 3.38. The zero-order chi connectivity index (χ0) is 29.6. The Kier molecular flexibility index (Phi) is 9.82. The molecule has 0 spiro atoms. The fourth-order valence-electron chi connectivity index (χ4n) is 4.99. The number of aromatic nitrogens is 3. The number of benzene rings is 3. The minimum absolute atomic E-state index is 0.0519. The van der Waals surface area contributed by atoms with Crippen molar-refractivity contribution in [3.63, 3.8) is 0 Å². The van der Waals surface area contributed by atoms with Crippen LogP contribution in [-0.2, 0) is 11.2 Å². The van der Waals surface area contributed by atoms with E-state index in [-0.39, 0.29) is 17.9 Å². The number of carbonyl (C=O) groups is 2. The normalized spacial score (nSPS) is 15.2. The van der Waals surface area contributed by atoms with Crippen molar-refractivity contribution in [2.24, 2.45) is 0 Å². The Bertz CT molecular complexity index is 1570. The van der Waals surface area contributed by atoms with E-state index >= 15 is 0 Å². The second-order valence-electron chi connectivity index (χ2n) is 10.1. The van der Waals surface area contributed by atoms with E-state index in [0.717, 1.165) is 17.1 Å². The highest BCUT2D eigenvalue weighted by atomic mass is 35.5. The van der Waals surface area contributed by atoms with Crippen molar-refractivity contribution < 1.29 is 14.0 Å². The summed E-state index contributed by atoms with van der Waals surface area (Å²) < 4.78 is 15.6. The number of carbonyl (C=O) groups excluding carboxylic acids is 2. The van der Waals surface area contributed by atoms with Crippen molar-refractivity contribution in [1.29, 1.82) is 0 Å². The molecular formula is C31H30Cl2FN5O2S. The maximum atomic E-state index is 13.6. The molecular weight excluding hydrogens is 596 g/mol. The first-order valence-electron chi connectivity index (χ1n) is 13.7. The quantitative estimate of drug-likeness (QED) is 0.156. The van der Waals surface area contributed by atoms with Crippen molar-refractivity contribution in [2.45, 2.75) is 37.4 Å². The van der Waals surface area contributed by atoms with Crippen LogP contribution in [0.2, 0.25) is 10.0 Å². The molecule has 2 amide bonds. The number of thioether (sulfide) groups is 1. The number of hydrogen-bond donors (Lipinski definition) is 0. The van der Waals surface area contributed by atoms with Crippen molar-refractivity contribution in [3.05, 3.63) is 106 Å². The predicted molar refractivity (Wildman–Crippen MR) is 164 cm³/mol. The summed E-state index contributed by atoms with van der Waals surface area (Å²) in [6.45, 7) is 3.22. The molecule has 0 saturated carbocycles. The predicted octanol–water partition coefficient (Wildman–Crippen LogP) is 6.55. The average molecular weight is 627 g/mol. The maximum absolute atomic E-state index is 13.6. The molecule has 1 aromatic heterocycles. The van der Waals surface area contributed by atoms with Crippen LogP contribution in [0.5, 0.6) is 0 Å². The maximum Gasteiger partial charge on any atom is 0.254 e. The summed E-state index contributed by atoms with van der Waals surface area (Å²) in [7, 11) is 0. The Morgan fingerprint density at radius 2 is 1.79 bits per heavy atom. The Balaban J connectivity index is 1.18. The highest BCUT2D eigenvalue weighted by Crippen LogP contribution is 2.29. The first-order valence-corrected chi connectivity index (χ1v) is 15.4. The molecule has 1 aliphatic heterocycles. The second kappa shape index (κ2) is 13.7. The molecule has 5 rings (SSSR count). The second-order valence-corrected chi connectivity index (χ2v) is 12.0. The van der Waals surface area contributed by atoms with Gasteiger partial charge in [-0.15, -0.1) is 10.2 Å². The van der Waals surface area contributed by atoms with Crippen LogP contribution in [0.25, 0.3) is 5.69 Å². The van der Waals surface area contributed by atoms with Crippen molar-refractivity contribution in [1.82, 2.24) is 24.6 Å². The highest BCUT2D eigenvalue weighted by Gasteiger charge is 2.30. The van der Waals surface area contributed by atoms with E-state index in [1.807, 2.05) is 47.9 Å². The summed E-state index contributed by atoms with van der Waals surface area (Å²) in [4.78, 5) is 29.4. The third kappa shape index (κ3) is 7.14. The smallest absolute Gasteiger partial charge is 0.254 e. The molecule has 7 nitrogen and oxygen atoms in total. The lowest BCUT2D eigenvalue weighted by Crippen LogP contribution is -2.55. The first-order chi connectivity index (χ1) is 20.3. The van der Waals surface area contributed by atoms with Gasteiger partial charge in [0.25, 0.3) is 5.91 Å². The Labute approximate surface area is 258 Å². The number of nitrogens with zero attached hydrogens (tertiary/aromatic N) is 5. The van der Waals surface area contributed by atoms with Crippen LogP contribution < -0.4 is 0 Å². The minimum Gasteiger partial charge on any atom is -0.339 e. The fourth-order valence-corrected chi connectivity index (χ4v) is 6.19. The lowest BCUT2D eigenvalue weighted by Gasteiger charge is -2.40. The SMILES string of the molecule is CC1CN(C(=O)CCCSc2nnc(Cc3ccccc3)n2-c2ccc(Cl)c(Cl)c2)CCN1C(=O)c1cccc(F)c1. The van der Waals surface area contributed by atoms with Crippen LogP contribution in [0.4, 0.5) is 4.39 Å². The number of rotatable bonds is 9. The molecule has 4 aromatic rings. The van der Waals surface area contributed by atoms with Gasteiger partial charge in [-0.2, -0.15) is 0 Å². The van der Waals surface area contributed by atoms with Gasteiger partial charge in [0, 0.05) is 49.8 Å². The van der Waals surface area contributed by atoms with Gasteiger partial charge in [0.2, 0.25) is 5.91 Å². The van der Waals surface area contributed by atoms with Gasteiger partial charge in [0.15, 0.2) is 5.16 Å². The highest BCUT2D eigenvalue weighted by molar-refractivity contribution is 7.99. The molecule has 42 heavy (non-hydrogen) atoms. The van der Waals surface area contributed by atoms with Gasteiger partial charge in [-0.3, -0.25) is 14.2 Å². The zero-order valence-electron chi connectivity index (χ0n) is 23.1. The van der Waals surface area contributed by atoms with Gasteiger partial charge in [0.1, 0.15) is 11.6 Å². The van der Waals surface area contributed by atoms with Crippen molar-refractivity contribution in [2.75, 3.05) is 25.4 Å². The molecule has 0 bridgehead atoms. The molecule has 0 N–H and O–H groups in total. The van der Waals surface area contributed by atoms with Gasteiger partial charge >= 0.3 is 0 Å². The monoisotopic (exact) mass is 625 g/mol. The van der Waals surface area contributed by atoms with Gasteiger partial charge in [0.05, 0.1) is 15.7 Å². The molecule has 3 aromatic carbocycles. The summed E-state index contributed by atoms with van der Waals surface area (Å²) in [5, 5.41) is 10.6. The van der Waals surface area contributed by atoms with E-state index in [1.54, 1.807) is 28.0 Å². The summed E-state index contributed by atoms with van der Waals surface area (Å²) in [5.74, 6) is 0.837. The molecule has 218 valence electrons. The number of halogens is 3. The van der Waals surface area contributed by atoms with Gasteiger partial charge in [-0.1, -0.05) is 71.4 Å². The molecule has 1 atom stereocenters. The van der Waals surface area contributed by atoms with Crippen LogP contribution in [0.1, 0.15) is 41.5 Å². The lowest BCUT2D eigenvalue weighted by molar-refractivity contribution is -0.133. The molecule has 2 heterocycles. The first kappa shape index (κ1) is 30.1. The van der Waals surface area contributed by atoms with E-state index in [4.69, 9.17) is 23.2 Å². The Morgan fingerprint density at radius 3 is 2.52 bits per heavy atom. The molecule has 1 unspecified atom stereocenters. The van der Waals surface area contributed by atoms with Gasteiger partial charge in [-0.05, 0) is 55.3 Å². The molecule has 1 saturated heterocycles. The van der Waals surface area contributed by atoms with Crippen molar-refractivity contribution >= 4 is 46.8 Å². The third-order valence-corrected chi connectivity index (χ3v) is 8.90. The number of amides is 2. The van der Waals surface area contributed by atoms with Crippen LogP contribution in [0.3, 0.4) is 0 Å². The standard InChI is InChI=1S/C31H30Cl2FN5O2S/c1-21-20-37(14-15-38(21)30(41)23-9-5-10-24(34)18-23)29(40)11-6-16-42-31-36-35-28(17-22-7-3-2-4-8-22)39(31)25-12-13-26(32)27(33)19-25/h2-5,7-10,12-13,18-19,21H,6,11,14-17,20H2,1H3. The largest absolute Gasteiger partial charge is 0.339 e. The summed E-state index contributed by atoms with van der Waals surface area (Å²) >= 11 is 14.0. The summed E-state index contributed by atoms with van der Waals surface area (Å²) in [5.41, 5.74) is 2.25. The summed E-state index contributed by atoms with van der Waals surface area (Å²) in [6, 6.07) is 21.0. The fraction of sp³-hybridized carbons (Fsp3) is 0.290. The van der Waals surface area contributed by atoms with E-state index < -0.39 is 5.82 Å². The molecule has 11 heteroatoms. The van der Waals surface area contributed by atoms with Gasteiger partial charge < -0.3 is 9.80 Å². The van der Waals surface area contributed by atoms with Crippen LogP contribution in [0.15, 0.2) is 78.0 Å². The molecule has 0 radical (unpaired) electrons. The van der Waals surface area contributed by atoms with E-state index in [0.29, 0.717) is 65.4 Å².